The van der Waals surface area contributed by atoms with E-state index in [9.17, 15) is 19.3 Å². The molecule has 1 saturated heterocycles. The Kier molecular flexibility index (Phi) is 11.4. The highest BCUT2D eigenvalue weighted by atomic mass is 35.5. The lowest BCUT2D eigenvalue weighted by atomic mass is 10.1. The van der Waals surface area contributed by atoms with Crippen molar-refractivity contribution >= 4 is 29.4 Å². The van der Waals surface area contributed by atoms with Gasteiger partial charge in [0.15, 0.2) is 0 Å². The van der Waals surface area contributed by atoms with Gasteiger partial charge in [-0.3, -0.25) is 9.59 Å². The number of carbonyl (C=O) groups is 3. The summed E-state index contributed by atoms with van der Waals surface area (Å²) in [5.41, 5.74) is 0. The summed E-state index contributed by atoms with van der Waals surface area (Å²) in [5.74, 6) is -0.945. The lowest BCUT2D eigenvalue weighted by molar-refractivity contribution is -0.155. The number of carbonyl (C=O) groups excluding carboxylic acids is 3. The molecular weight excluding hydrogens is 374 g/mol. The predicted octanol–water partition coefficient (Wildman–Crippen LogP) is 1.95. The second-order valence-corrected chi connectivity index (χ2v) is 6.86. The first kappa shape index (κ1) is 23.1. The number of urea groups is 1. The summed E-state index contributed by atoms with van der Waals surface area (Å²) in [6.07, 6.45) is 6.78. The van der Waals surface area contributed by atoms with Crippen LogP contribution < -0.4 is 5.32 Å². The largest absolute Gasteiger partial charge is 0.340 e. The van der Waals surface area contributed by atoms with E-state index in [0.717, 1.165) is 19.3 Å². The van der Waals surface area contributed by atoms with Crippen LogP contribution in [0.5, 0.6) is 0 Å². The van der Waals surface area contributed by atoms with Crippen LogP contribution in [0.3, 0.4) is 0 Å². The molecule has 1 fully saturated rings. The number of hydrogen-bond donors (Lipinski definition) is 1. The SMILES string of the molecule is CCCCCCCCN1CCN(CCNC(=O)N(CCCl)N=O)C(=O)C1=O. The maximum atomic E-state index is 12.2. The summed E-state index contributed by atoms with van der Waals surface area (Å²) >= 11 is 5.48. The maximum Gasteiger partial charge on any atom is 0.340 e. The van der Waals surface area contributed by atoms with Crippen molar-refractivity contribution in [2.24, 2.45) is 5.29 Å². The lowest BCUT2D eigenvalue weighted by Gasteiger charge is -2.33. The topological polar surface area (TPSA) is 102 Å². The molecular formula is C17H30ClN5O4. The fourth-order valence-electron chi connectivity index (χ4n) is 2.87. The minimum Gasteiger partial charge on any atom is -0.335 e. The standard InChI is InChI=1S/C17H30ClN5O4/c1-2-3-4-5-6-7-10-21-13-14-22(16(25)15(21)24)12-9-19-17(26)23(20-27)11-8-18/h2-14H2,1H3,(H,19,26). The molecule has 1 aliphatic heterocycles. The number of halogens is 1. The minimum absolute atomic E-state index is 0.00538. The van der Waals surface area contributed by atoms with Crippen molar-refractivity contribution in [3.8, 4) is 0 Å². The van der Waals surface area contributed by atoms with Gasteiger partial charge < -0.3 is 15.1 Å². The molecule has 0 saturated carbocycles. The van der Waals surface area contributed by atoms with Crippen molar-refractivity contribution in [2.45, 2.75) is 45.4 Å². The molecule has 1 aliphatic rings. The quantitative estimate of drug-likeness (QED) is 0.167. The van der Waals surface area contributed by atoms with Crippen molar-refractivity contribution in [2.75, 3.05) is 45.1 Å². The van der Waals surface area contributed by atoms with Crippen molar-refractivity contribution in [3.63, 3.8) is 0 Å². The Hall–Kier alpha value is -1.90. The first-order chi connectivity index (χ1) is 13.0. The van der Waals surface area contributed by atoms with Gasteiger partial charge in [-0.25, -0.2) is 4.79 Å². The predicted molar refractivity (Wildman–Crippen MR) is 103 cm³/mol. The molecule has 10 heteroatoms. The Morgan fingerprint density at radius 3 is 2.26 bits per heavy atom. The van der Waals surface area contributed by atoms with Crippen LogP contribution in [0.1, 0.15) is 45.4 Å². The molecule has 0 unspecified atom stereocenters. The van der Waals surface area contributed by atoms with Gasteiger partial charge in [-0.2, -0.15) is 5.01 Å². The number of unbranched alkanes of at least 4 members (excludes halogenated alkanes) is 5. The molecule has 0 aliphatic carbocycles. The van der Waals surface area contributed by atoms with Gasteiger partial charge in [0, 0.05) is 38.6 Å². The lowest BCUT2D eigenvalue weighted by Crippen LogP contribution is -2.56. The molecule has 1 rings (SSSR count). The first-order valence-electron chi connectivity index (χ1n) is 9.57. The summed E-state index contributed by atoms with van der Waals surface area (Å²) in [4.78, 5) is 49.7. The number of amides is 4. The summed E-state index contributed by atoms with van der Waals surface area (Å²) in [6, 6.07) is -0.675. The molecule has 154 valence electrons. The Morgan fingerprint density at radius 1 is 1.07 bits per heavy atom. The summed E-state index contributed by atoms with van der Waals surface area (Å²) < 4.78 is 0. The van der Waals surface area contributed by atoms with Gasteiger partial charge in [-0.1, -0.05) is 39.0 Å². The third kappa shape index (κ3) is 8.11. The third-order valence-electron chi connectivity index (χ3n) is 4.47. The average Bonchev–Trinajstić information content (AvgIpc) is 2.67. The number of piperazine rings is 1. The molecule has 0 aromatic rings. The van der Waals surface area contributed by atoms with Crippen LogP contribution in [0.25, 0.3) is 0 Å². The van der Waals surface area contributed by atoms with Crippen molar-refractivity contribution in [3.05, 3.63) is 4.91 Å². The van der Waals surface area contributed by atoms with Gasteiger partial charge in [-0.15, -0.1) is 16.5 Å². The molecule has 0 aromatic carbocycles. The van der Waals surface area contributed by atoms with Gasteiger partial charge in [-0.05, 0) is 6.42 Å². The number of nitrogens with one attached hydrogen (secondary N) is 1. The highest BCUT2D eigenvalue weighted by Crippen LogP contribution is 2.09. The molecule has 9 nitrogen and oxygen atoms in total. The van der Waals surface area contributed by atoms with Crippen LogP contribution in [-0.4, -0.2) is 77.8 Å². The van der Waals surface area contributed by atoms with E-state index in [1.165, 1.54) is 24.2 Å². The molecule has 0 spiro atoms. The van der Waals surface area contributed by atoms with Crippen LogP contribution in [0.4, 0.5) is 4.79 Å². The van der Waals surface area contributed by atoms with E-state index in [2.05, 4.69) is 17.5 Å². The first-order valence-corrected chi connectivity index (χ1v) is 10.1. The molecule has 1 heterocycles. The van der Waals surface area contributed by atoms with Gasteiger partial charge in [0.25, 0.3) is 0 Å². The highest BCUT2D eigenvalue weighted by Gasteiger charge is 2.31. The highest BCUT2D eigenvalue weighted by molar-refractivity contribution is 6.35. The van der Waals surface area contributed by atoms with E-state index >= 15 is 0 Å². The van der Waals surface area contributed by atoms with Gasteiger partial charge in [0.2, 0.25) is 0 Å². The van der Waals surface area contributed by atoms with Crippen LogP contribution in [0.2, 0.25) is 0 Å². The van der Waals surface area contributed by atoms with Gasteiger partial charge >= 0.3 is 17.8 Å². The number of nitroso groups, excluding NO2 is 1. The number of hydrogen-bond acceptors (Lipinski definition) is 5. The van der Waals surface area contributed by atoms with E-state index < -0.39 is 17.8 Å². The molecule has 4 amide bonds. The fraction of sp³-hybridized carbons (Fsp3) is 0.824. The number of alkyl halides is 1. The van der Waals surface area contributed by atoms with E-state index in [1.807, 2.05) is 0 Å². The zero-order valence-corrected chi connectivity index (χ0v) is 16.7. The van der Waals surface area contributed by atoms with E-state index in [-0.39, 0.29) is 25.5 Å². The van der Waals surface area contributed by atoms with E-state index in [1.54, 1.807) is 4.90 Å². The minimum atomic E-state index is -0.675. The van der Waals surface area contributed by atoms with Crippen LogP contribution in [-0.2, 0) is 9.59 Å². The average molecular weight is 404 g/mol. The van der Waals surface area contributed by atoms with E-state index in [4.69, 9.17) is 11.6 Å². The Balaban J connectivity index is 2.29. The smallest absolute Gasteiger partial charge is 0.335 e. The van der Waals surface area contributed by atoms with E-state index in [0.29, 0.717) is 24.6 Å². The normalized spacial score (nSPS) is 14.4. The van der Waals surface area contributed by atoms with Gasteiger partial charge in [0.05, 0.1) is 11.8 Å². The molecule has 0 radical (unpaired) electrons. The molecule has 0 aromatic heterocycles. The summed E-state index contributed by atoms with van der Waals surface area (Å²) in [5, 5.41) is 5.74. The number of nitrogens with zero attached hydrogens (tertiary/aromatic N) is 4. The monoisotopic (exact) mass is 403 g/mol. The van der Waals surface area contributed by atoms with Crippen molar-refractivity contribution < 1.29 is 14.4 Å². The Morgan fingerprint density at radius 2 is 1.67 bits per heavy atom. The third-order valence-corrected chi connectivity index (χ3v) is 4.64. The number of rotatable bonds is 13. The van der Waals surface area contributed by atoms with Crippen LogP contribution in [0, 0.1) is 4.91 Å². The zero-order valence-electron chi connectivity index (χ0n) is 16.0. The summed E-state index contributed by atoms with van der Waals surface area (Å²) in [7, 11) is 0. The van der Waals surface area contributed by atoms with Crippen molar-refractivity contribution in [1.82, 2.24) is 20.1 Å². The van der Waals surface area contributed by atoms with Crippen LogP contribution in [0.15, 0.2) is 5.29 Å². The Labute approximate surface area is 165 Å². The maximum absolute atomic E-state index is 12.2. The summed E-state index contributed by atoms with van der Waals surface area (Å²) in [6.45, 7) is 4.06. The van der Waals surface area contributed by atoms with Crippen molar-refractivity contribution in [1.29, 1.82) is 0 Å². The zero-order chi connectivity index (χ0) is 20.1. The molecule has 1 N–H and O–H groups in total. The van der Waals surface area contributed by atoms with Crippen LogP contribution >= 0.6 is 11.6 Å². The second-order valence-electron chi connectivity index (χ2n) is 6.48. The molecule has 0 atom stereocenters. The fourth-order valence-corrected chi connectivity index (χ4v) is 3.03. The van der Waals surface area contributed by atoms with Gasteiger partial charge in [0.1, 0.15) is 0 Å². The molecule has 27 heavy (non-hydrogen) atoms. The Bertz CT molecular complexity index is 506. The molecule has 0 bridgehead atoms. The second kappa shape index (κ2) is 13.3.